The van der Waals surface area contributed by atoms with Crippen LogP contribution in [-0.2, 0) is 27.8 Å². The first kappa shape index (κ1) is 27.0. The molecule has 0 aliphatic carbocycles. The maximum atomic E-state index is 12.9. The third kappa shape index (κ3) is 5.76. The molecule has 1 aliphatic heterocycles. The maximum Gasteiger partial charge on any atom is 0.277 e. The molecule has 37 heavy (non-hydrogen) atoms. The number of sulfonamides is 1. The Morgan fingerprint density at radius 1 is 1.08 bits per heavy atom. The van der Waals surface area contributed by atoms with Crippen molar-refractivity contribution in [2.45, 2.75) is 36.9 Å². The van der Waals surface area contributed by atoms with Gasteiger partial charge in [0, 0.05) is 31.7 Å². The highest BCUT2D eigenvalue weighted by molar-refractivity contribution is 7.99. The Bertz CT molecular complexity index is 1370. The van der Waals surface area contributed by atoms with E-state index in [0.717, 1.165) is 29.3 Å². The van der Waals surface area contributed by atoms with Crippen LogP contribution in [0, 0.1) is 0 Å². The maximum absolute atomic E-state index is 12.9. The number of amides is 1. The number of ether oxygens (including phenoxy) is 2. The zero-order valence-corrected chi connectivity index (χ0v) is 22.9. The fourth-order valence-electron chi connectivity index (χ4n) is 4.20. The molecule has 1 aromatic heterocycles. The number of nitrogens with zero attached hydrogens (tertiary/aromatic N) is 4. The van der Waals surface area contributed by atoms with Crippen LogP contribution < -0.4 is 9.47 Å². The first-order valence-electron chi connectivity index (χ1n) is 11.9. The normalized spacial score (nSPS) is 13.5. The average molecular weight is 547 g/mol. The Morgan fingerprint density at radius 3 is 2.46 bits per heavy atom. The minimum atomic E-state index is -3.62. The van der Waals surface area contributed by atoms with Crippen molar-refractivity contribution in [2.75, 3.05) is 39.6 Å². The summed E-state index contributed by atoms with van der Waals surface area (Å²) in [5, 5.41) is 8.33. The molecule has 0 unspecified atom stereocenters. The summed E-state index contributed by atoms with van der Waals surface area (Å²) in [5.41, 5.74) is 2.67. The van der Waals surface area contributed by atoms with Crippen LogP contribution >= 0.6 is 11.8 Å². The van der Waals surface area contributed by atoms with Gasteiger partial charge in [0.2, 0.25) is 21.8 Å². The van der Waals surface area contributed by atoms with Crippen molar-refractivity contribution >= 4 is 27.7 Å². The minimum Gasteiger partial charge on any atom is -0.493 e. The van der Waals surface area contributed by atoms with Crippen molar-refractivity contribution < 1.29 is 27.1 Å². The zero-order chi connectivity index (χ0) is 26.6. The monoisotopic (exact) mass is 546 g/mol. The highest BCUT2D eigenvalue weighted by atomic mass is 32.2. The molecule has 198 valence electrons. The molecule has 2 heterocycles. The number of fused-ring (bicyclic) bond motifs is 1. The standard InChI is InChI=1S/C25H30N4O6S2/c1-5-29(6-2)37(31,32)20-9-7-8-18(12-20)24-26-27-25(35-24)36-16-23(30)28-11-10-17-13-21(33-3)22(34-4)14-19(17)15-28/h7-9,12-14H,5-6,10-11,15-16H2,1-4H3. The third-order valence-corrected chi connectivity index (χ3v) is 9.07. The molecular weight excluding hydrogens is 516 g/mol. The third-order valence-electron chi connectivity index (χ3n) is 6.22. The van der Waals surface area contributed by atoms with Crippen molar-refractivity contribution in [1.29, 1.82) is 0 Å². The molecule has 0 radical (unpaired) electrons. The molecule has 10 nitrogen and oxygen atoms in total. The molecule has 3 aromatic rings. The van der Waals surface area contributed by atoms with Crippen molar-refractivity contribution in [3.05, 3.63) is 47.5 Å². The molecule has 0 bridgehead atoms. The molecule has 0 saturated heterocycles. The van der Waals surface area contributed by atoms with E-state index in [-0.39, 0.29) is 27.7 Å². The van der Waals surface area contributed by atoms with Crippen molar-refractivity contribution in [2.24, 2.45) is 0 Å². The van der Waals surface area contributed by atoms with Crippen molar-refractivity contribution in [1.82, 2.24) is 19.4 Å². The predicted molar refractivity (Wildman–Crippen MR) is 139 cm³/mol. The van der Waals surface area contributed by atoms with Crippen LogP contribution in [-0.4, -0.2) is 73.3 Å². The molecule has 1 aliphatic rings. The molecule has 2 aromatic carbocycles. The van der Waals surface area contributed by atoms with Crippen LogP contribution in [0.1, 0.15) is 25.0 Å². The van der Waals surface area contributed by atoms with Gasteiger partial charge >= 0.3 is 0 Å². The summed E-state index contributed by atoms with van der Waals surface area (Å²) < 4.78 is 43.6. The van der Waals surface area contributed by atoms with Gasteiger partial charge in [-0.2, -0.15) is 4.31 Å². The Kier molecular flexibility index (Phi) is 8.40. The van der Waals surface area contributed by atoms with E-state index in [1.54, 1.807) is 51.2 Å². The molecule has 0 spiro atoms. The van der Waals surface area contributed by atoms with Crippen LogP contribution in [0.3, 0.4) is 0 Å². The van der Waals surface area contributed by atoms with E-state index in [0.29, 0.717) is 43.2 Å². The number of hydrogen-bond donors (Lipinski definition) is 0. The summed E-state index contributed by atoms with van der Waals surface area (Å²) in [6.45, 7) is 5.43. The van der Waals surface area contributed by atoms with Gasteiger partial charge in [0.15, 0.2) is 11.5 Å². The van der Waals surface area contributed by atoms with E-state index in [2.05, 4.69) is 10.2 Å². The smallest absolute Gasteiger partial charge is 0.277 e. The van der Waals surface area contributed by atoms with E-state index in [1.807, 2.05) is 12.1 Å². The van der Waals surface area contributed by atoms with E-state index in [1.165, 1.54) is 10.4 Å². The lowest BCUT2D eigenvalue weighted by Gasteiger charge is -2.29. The predicted octanol–water partition coefficient (Wildman–Crippen LogP) is 3.46. The van der Waals surface area contributed by atoms with Gasteiger partial charge in [-0.1, -0.05) is 31.7 Å². The number of methoxy groups -OCH3 is 2. The second kappa shape index (κ2) is 11.5. The fraction of sp³-hybridized carbons (Fsp3) is 0.400. The van der Waals surface area contributed by atoms with E-state index >= 15 is 0 Å². The second-order valence-corrected chi connectivity index (χ2v) is 11.2. The number of aromatic nitrogens is 2. The Hall–Kier alpha value is -3.09. The fourth-order valence-corrected chi connectivity index (χ4v) is 6.37. The zero-order valence-electron chi connectivity index (χ0n) is 21.3. The highest BCUT2D eigenvalue weighted by Gasteiger charge is 2.25. The van der Waals surface area contributed by atoms with Gasteiger partial charge in [0.25, 0.3) is 5.22 Å². The number of thioether (sulfide) groups is 1. The number of benzene rings is 2. The lowest BCUT2D eigenvalue weighted by Crippen LogP contribution is -2.37. The highest BCUT2D eigenvalue weighted by Crippen LogP contribution is 2.33. The summed E-state index contributed by atoms with van der Waals surface area (Å²) in [6, 6.07) is 10.3. The summed E-state index contributed by atoms with van der Waals surface area (Å²) >= 11 is 1.15. The molecule has 0 N–H and O–H groups in total. The lowest BCUT2D eigenvalue weighted by molar-refractivity contribution is -0.129. The first-order valence-corrected chi connectivity index (χ1v) is 14.3. The van der Waals surface area contributed by atoms with E-state index in [4.69, 9.17) is 13.9 Å². The topological polar surface area (TPSA) is 115 Å². The second-order valence-electron chi connectivity index (χ2n) is 8.32. The van der Waals surface area contributed by atoms with Crippen molar-refractivity contribution in [3.63, 3.8) is 0 Å². The summed E-state index contributed by atoms with van der Waals surface area (Å²) in [7, 11) is -0.421. The number of rotatable bonds is 10. The van der Waals surface area contributed by atoms with Crippen LogP contribution in [0.25, 0.3) is 11.5 Å². The molecular formula is C25H30N4O6S2. The van der Waals surface area contributed by atoms with Gasteiger partial charge in [-0.3, -0.25) is 4.79 Å². The number of hydrogen-bond acceptors (Lipinski definition) is 9. The summed E-state index contributed by atoms with van der Waals surface area (Å²) in [5.74, 6) is 1.61. The quantitative estimate of drug-likeness (QED) is 0.353. The van der Waals surface area contributed by atoms with Gasteiger partial charge < -0.3 is 18.8 Å². The SMILES string of the molecule is CCN(CC)S(=O)(=O)c1cccc(-c2nnc(SCC(=O)N3CCc4cc(OC)c(OC)cc4C3)o2)c1. The van der Waals surface area contributed by atoms with Crippen LogP contribution in [0.2, 0.25) is 0 Å². The Balaban J connectivity index is 1.41. The van der Waals surface area contributed by atoms with Crippen molar-refractivity contribution in [3.8, 4) is 23.0 Å². The molecule has 4 rings (SSSR count). The van der Waals surface area contributed by atoms with Crippen LogP contribution in [0.5, 0.6) is 11.5 Å². The largest absolute Gasteiger partial charge is 0.493 e. The lowest BCUT2D eigenvalue weighted by atomic mass is 9.99. The number of carbonyl (C=O) groups excluding carboxylic acids is 1. The molecule has 12 heteroatoms. The average Bonchev–Trinajstić information content (AvgIpc) is 3.40. The summed E-state index contributed by atoms with van der Waals surface area (Å²) in [4.78, 5) is 14.9. The molecule has 0 atom stereocenters. The van der Waals surface area contributed by atoms with Gasteiger partial charge in [-0.05, 0) is 47.9 Å². The minimum absolute atomic E-state index is 0.0440. The molecule has 0 fully saturated rings. The van der Waals surface area contributed by atoms with Gasteiger partial charge in [0.1, 0.15) is 0 Å². The summed E-state index contributed by atoms with van der Waals surface area (Å²) in [6.07, 6.45) is 0.726. The number of carbonyl (C=O) groups is 1. The van der Waals surface area contributed by atoms with Gasteiger partial charge in [-0.25, -0.2) is 8.42 Å². The van der Waals surface area contributed by atoms with Crippen LogP contribution in [0.15, 0.2) is 50.9 Å². The Morgan fingerprint density at radius 2 is 1.78 bits per heavy atom. The molecule has 1 amide bonds. The Labute approximate surface area is 221 Å². The van der Waals surface area contributed by atoms with Gasteiger partial charge in [-0.15, -0.1) is 10.2 Å². The van der Waals surface area contributed by atoms with E-state index in [9.17, 15) is 13.2 Å². The van der Waals surface area contributed by atoms with E-state index < -0.39 is 10.0 Å². The first-order chi connectivity index (χ1) is 17.8. The van der Waals surface area contributed by atoms with Crippen LogP contribution in [0.4, 0.5) is 0 Å². The van der Waals surface area contributed by atoms with Gasteiger partial charge in [0.05, 0.1) is 24.9 Å². The molecule has 0 saturated carbocycles.